The molecule has 2 aromatic rings. The lowest BCUT2D eigenvalue weighted by atomic mass is 9.98. The molecule has 0 saturated heterocycles. The van der Waals surface area contributed by atoms with E-state index in [1.165, 1.54) is 16.0 Å². The lowest BCUT2D eigenvalue weighted by Gasteiger charge is -2.31. The fourth-order valence-corrected chi connectivity index (χ4v) is 3.39. The number of aromatic nitrogens is 2. The largest absolute Gasteiger partial charge is 0.338 e. The van der Waals surface area contributed by atoms with Crippen LogP contribution in [-0.4, -0.2) is 33.4 Å². The molecule has 22 heavy (non-hydrogen) atoms. The van der Waals surface area contributed by atoms with Gasteiger partial charge in [0.05, 0.1) is 12.5 Å². The quantitative estimate of drug-likeness (QED) is 0.814. The van der Waals surface area contributed by atoms with Crippen LogP contribution in [0, 0.1) is 5.92 Å². The predicted molar refractivity (Wildman–Crippen MR) is 88.7 cm³/mol. The van der Waals surface area contributed by atoms with E-state index in [1.807, 2.05) is 28.8 Å². The van der Waals surface area contributed by atoms with E-state index in [1.54, 1.807) is 18.0 Å². The van der Waals surface area contributed by atoms with Gasteiger partial charge in [-0.05, 0) is 42.0 Å². The van der Waals surface area contributed by atoms with E-state index in [9.17, 15) is 4.79 Å². The number of thioether (sulfide) groups is 1. The number of rotatable bonds is 4. The molecular weight excluding hydrogens is 294 g/mol. The van der Waals surface area contributed by atoms with Crippen LogP contribution in [0.4, 0.5) is 0 Å². The molecule has 1 aliphatic heterocycles. The number of carbonyl (C=O) groups excluding carboxylic acids is 1. The number of nitrogens with zero attached hydrogens (tertiary/aromatic N) is 3. The van der Waals surface area contributed by atoms with E-state index in [0.29, 0.717) is 6.54 Å². The predicted octanol–water partition coefficient (Wildman–Crippen LogP) is 2.83. The van der Waals surface area contributed by atoms with Gasteiger partial charge in [-0.3, -0.25) is 9.48 Å². The fourth-order valence-electron chi connectivity index (χ4n) is 2.92. The Hall–Kier alpha value is -1.75. The van der Waals surface area contributed by atoms with Gasteiger partial charge in [-0.25, -0.2) is 0 Å². The first kappa shape index (κ1) is 15.2. The minimum atomic E-state index is -0.0491. The zero-order chi connectivity index (χ0) is 15.5. The highest BCUT2D eigenvalue weighted by Crippen LogP contribution is 2.25. The molecule has 1 aromatic carbocycles. The number of fused-ring (bicyclic) bond motifs is 1. The number of hydrogen-bond acceptors (Lipinski definition) is 3. The van der Waals surface area contributed by atoms with Gasteiger partial charge in [0.25, 0.3) is 0 Å². The Bertz CT molecular complexity index is 654. The van der Waals surface area contributed by atoms with Gasteiger partial charge in [0.2, 0.25) is 5.91 Å². The second-order valence-electron chi connectivity index (χ2n) is 5.77. The molecule has 0 fully saturated rings. The molecule has 116 valence electrons. The molecule has 2 heterocycles. The van der Waals surface area contributed by atoms with Crippen molar-refractivity contribution in [3.05, 3.63) is 47.8 Å². The maximum atomic E-state index is 12.6. The highest BCUT2D eigenvalue weighted by molar-refractivity contribution is 7.98. The summed E-state index contributed by atoms with van der Waals surface area (Å²) in [6, 6.07) is 8.45. The summed E-state index contributed by atoms with van der Waals surface area (Å²) in [5, 5.41) is 4.18. The molecule has 5 heteroatoms. The smallest absolute Gasteiger partial charge is 0.227 e. The van der Waals surface area contributed by atoms with Gasteiger partial charge >= 0.3 is 0 Å². The molecule has 0 bridgehead atoms. The summed E-state index contributed by atoms with van der Waals surface area (Å²) < 4.78 is 1.82. The minimum absolute atomic E-state index is 0.0491. The third-order valence-electron chi connectivity index (χ3n) is 4.18. The standard InChI is InChI=1S/C17H21N3OS/c1-13(11-20-8-3-7-18-20)17(21)19-9-6-14-10-16(22-2)5-4-15(14)12-19/h3-5,7-8,10,13H,6,9,11-12H2,1-2H3/t13-/m0/s1. The molecule has 0 radical (unpaired) electrons. The normalized spacial score (nSPS) is 15.5. The van der Waals surface area contributed by atoms with E-state index in [0.717, 1.165) is 19.5 Å². The summed E-state index contributed by atoms with van der Waals surface area (Å²) in [5.74, 6) is 0.169. The summed E-state index contributed by atoms with van der Waals surface area (Å²) in [6.45, 7) is 4.16. The Kier molecular flexibility index (Phi) is 4.52. The first-order chi connectivity index (χ1) is 10.7. The van der Waals surface area contributed by atoms with Crippen molar-refractivity contribution >= 4 is 17.7 Å². The lowest BCUT2D eigenvalue weighted by Crippen LogP contribution is -2.40. The van der Waals surface area contributed by atoms with Crippen LogP contribution in [0.5, 0.6) is 0 Å². The van der Waals surface area contributed by atoms with Crippen molar-refractivity contribution < 1.29 is 4.79 Å². The lowest BCUT2D eigenvalue weighted by molar-refractivity contribution is -0.136. The van der Waals surface area contributed by atoms with Crippen molar-refractivity contribution in [2.75, 3.05) is 12.8 Å². The molecule has 4 nitrogen and oxygen atoms in total. The van der Waals surface area contributed by atoms with Crippen LogP contribution in [0.2, 0.25) is 0 Å². The van der Waals surface area contributed by atoms with Gasteiger partial charge in [-0.1, -0.05) is 13.0 Å². The maximum Gasteiger partial charge on any atom is 0.227 e. The van der Waals surface area contributed by atoms with Gasteiger partial charge in [0, 0.05) is 30.4 Å². The first-order valence-electron chi connectivity index (χ1n) is 7.59. The Morgan fingerprint density at radius 3 is 3.00 bits per heavy atom. The number of benzene rings is 1. The van der Waals surface area contributed by atoms with E-state index in [-0.39, 0.29) is 11.8 Å². The van der Waals surface area contributed by atoms with Crippen LogP contribution in [0.1, 0.15) is 18.1 Å². The van der Waals surface area contributed by atoms with Gasteiger partial charge in [-0.15, -0.1) is 11.8 Å². The third-order valence-corrected chi connectivity index (χ3v) is 4.90. The van der Waals surface area contributed by atoms with Crippen LogP contribution in [0.25, 0.3) is 0 Å². The summed E-state index contributed by atoms with van der Waals surface area (Å²) in [5.41, 5.74) is 2.67. The van der Waals surface area contributed by atoms with Crippen LogP contribution in [0.3, 0.4) is 0 Å². The van der Waals surface area contributed by atoms with Crippen LogP contribution < -0.4 is 0 Å². The van der Waals surface area contributed by atoms with Gasteiger partial charge < -0.3 is 4.90 Å². The first-order valence-corrected chi connectivity index (χ1v) is 8.82. The van der Waals surface area contributed by atoms with Crippen molar-refractivity contribution in [2.45, 2.75) is 31.3 Å². The molecule has 0 spiro atoms. The Morgan fingerprint density at radius 1 is 1.41 bits per heavy atom. The van der Waals surface area contributed by atoms with Crippen LogP contribution in [0.15, 0.2) is 41.6 Å². The molecule has 0 saturated carbocycles. The fraction of sp³-hybridized carbons (Fsp3) is 0.412. The van der Waals surface area contributed by atoms with Crippen molar-refractivity contribution in [1.29, 1.82) is 0 Å². The molecule has 0 N–H and O–H groups in total. The number of carbonyl (C=O) groups is 1. The van der Waals surface area contributed by atoms with E-state index in [4.69, 9.17) is 0 Å². The maximum absolute atomic E-state index is 12.6. The molecule has 1 aliphatic rings. The Balaban J connectivity index is 1.67. The minimum Gasteiger partial charge on any atom is -0.338 e. The Labute approximate surface area is 135 Å². The monoisotopic (exact) mass is 315 g/mol. The molecule has 1 aromatic heterocycles. The summed E-state index contributed by atoms with van der Waals surface area (Å²) in [7, 11) is 0. The topological polar surface area (TPSA) is 38.1 Å². The SMILES string of the molecule is CSc1ccc2c(c1)CCN(C(=O)[C@@H](C)Cn1cccn1)C2. The summed E-state index contributed by atoms with van der Waals surface area (Å²) in [4.78, 5) is 15.9. The van der Waals surface area contributed by atoms with E-state index >= 15 is 0 Å². The molecule has 3 rings (SSSR count). The van der Waals surface area contributed by atoms with Gasteiger partial charge in [0.15, 0.2) is 0 Å². The van der Waals surface area contributed by atoms with Crippen LogP contribution >= 0.6 is 11.8 Å². The third kappa shape index (κ3) is 3.19. The van der Waals surface area contributed by atoms with Crippen LogP contribution in [-0.2, 0) is 24.3 Å². The van der Waals surface area contributed by atoms with Crippen molar-refractivity contribution in [1.82, 2.24) is 14.7 Å². The van der Waals surface area contributed by atoms with Crippen molar-refractivity contribution in [3.8, 4) is 0 Å². The average Bonchev–Trinajstić information content (AvgIpc) is 3.06. The number of hydrogen-bond donors (Lipinski definition) is 0. The second kappa shape index (κ2) is 6.57. The van der Waals surface area contributed by atoms with Gasteiger partial charge in [-0.2, -0.15) is 5.10 Å². The van der Waals surface area contributed by atoms with Crippen molar-refractivity contribution in [2.24, 2.45) is 5.92 Å². The summed E-state index contributed by atoms with van der Waals surface area (Å²) >= 11 is 1.77. The Morgan fingerprint density at radius 2 is 2.27 bits per heavy atom. The zero-order valence-electron chi connectivity index (χ0n) is 13.0. The highest BCUT2D eigenvalue weighted by Gasteiger charge is 2.25. The van der Waals surface area contributed by atoms with E-state index < -0.39 is 0 Å². The highest BCUT2D eigenvalue weighted by atomic mass is 32.2. The number of amides is 1. The zero-order valence-corrected chi connectivity index (χ0v) is 13.8. The molecule has 0 unspecified atom stereocenters. The summed E-state index contributed by atoms with van der Waals surface area (Å²) in [6.07, 6.45) is 6.69. The molecular formula is C17H21N3OS. The molecule has 1 amide bonds. The van der Waals surface area contributed by atoms with Gasteiger partial charge in [0.1, 0.15) is 0 Å². The second-order valence-corrected chi connectivity index (χ2v) is 6.65. The average molecular weight is 315 g/mol. The van der Waals surface area contributed by atoms with E-state index in [2.05, 4.69) is 29.6 Å². The molecule has 0 aliphatic carbocycles. The molecule has 1 atom stereocenters. The van der Waals surface area contributed by atoms with Crippen molar-refractivity contribution in [3.63, 3.8) is 0 Å².